The predicted octanol–water partition coefficient (Wildman–Crippen LogP) is 5.88. The van der Waals surface area contributed by atoms with Crippen molar-refractivity contribution in [3.63, 3.8) is 0 Å². The van der Waals surface area contributed by atoms with E-state index in [9.17, 15) is 27.7 Å². The summed E-state index contributed by atoms with van der Waals surface area (Å²) < 4.78 is 61.8. The first kappa shape index (κ1) is 20.1. The lowest BCUT2D eigenvalue weighted by atomic mass is 9.97. The Morgan fingerprint density at radius 3 is 2.21 bits per heavy atom. The molecule has 0 aromatic heterocycles. The van der Waals surface area contributed by atoms with Crippen molar-refractivity contribution in [3.8, 4) is 16.9 Å². The fraction of sp³-hybridized carbons (Fsp3) is 0.100. The molecule has 3 rings (SSSR count). The minimum atomic E-state index is -1.22. The molecule has 0 spiro atoms. The van der Waals surface area contributed by atoms with Crippen LogP contribution in [0.15, 0.2) is 42.5 Å². The van der Waals surface area contributed by atoms with Crippen molar-refractivity contribution in [1.82, 2.24) is 0 Å². The summed E-state index contributed by atoms with van der Waals surface area (Å²) in [7, 11) is 1.26. The molecule has 0 aliphatic rings. The number of anilines is 2. The van der Waals surface area contributed by atoms with Crippen molar-refractivity contribution >= 4 is 17.1 Å². The number of aryl methyl sites for hydroxylation is 1. The van der Waals surface area contributed by atoms with Crippen LogP contribution in [0.4, 0.5) is 34.6 Å². The highest BCUT2D eigenvalue weighted by atomic mass is 19.1. The number of nitrogens with one attached hydrogen (secondary N) is 1. The molecule has 0 radical (unpaired) electrons. The van der Waals surface area contributed by atoms with E-state index in [0.29, 0.717) is 17.7 Å². The molecule has 0 atom stereocenters. The highest BCUT2D eigenvalue weighted by Crippen LogP contribution is 2.40. The number of halogens is 4. The molecule has 9 heteroatoms. The zero-order chi connectivity index (χ0) is 21.3. The molecule has 0 aliphatic heterocycles. The van der Waals surface area contributed by atoms with Crippen LogP contribution in [-0.4, -0.2) is 12.0 Å². The molecule has 0 amide bonds. The summed E-state index contributed by atoms with van der Waals surface area (Å²) in [6.07, 6.45) is 0. The van der Waals surface area contributed by atoms with Crippen molar-refractivity contribution < 1.29 is 27.2 Å². The zero-order valence-electron chi connectivity index (χ0n) is 15.2. The number of nitro benzene ring substituents is 1. The maximum atomic E-state index is 14.6. The van der Waals surface area contributed by atoms with Gasteiger partial charge in [0.1, 0.15) is 23.2 Å². The van der Waals surface area contributed by atoms with Crippen LogP contribution >= 0.6 is 0 Å². The Hall–Kier alpha value is -3.62. The van der Waals surface area contributed by atoms with E-state index in [4.69, 9.17) is 4.74 Å². The van der Waals surface area contributed by atoms with E-state index in [0.717, 1.165) is 12.1 Å². The van der Waals surface area contributed by atoms with Gasteiger partial charge in [0.25, 0.3) is 5.69 Å². The second kappa shape index (κ2) is 7.78. The van der Waals surface area contributed by atoms with Crippen LogP contribution < -0.4 is 10.1 Å². The molecule has 0 heterocycles. The van der Waals surface area contributed by atoms with Crippen molar-refractivity contribution in [3.05, 3.63) is 81.4 Å². The summed E-state index contributed by atoms with van der Waals surface area (Å²) in [5.41, 5.74) is -1.45. The van der Waals surface area contributed by atoms with Gasteiger partial charge in [0.15, 0.2) is 11.5 Å². The topological polar surface area (TPSA) is 64.4 Å². The van der Waals surface area contributed by atoms with E-state index in [1.165, 1.54) is 19.2 Å². The fourth-order valence-corrected chi connectivity index (χ4v) is 2.97. The third-order valence-electron chi connectivity index (χ3n) is 4.26. The molecule has 150 valence electrons. The Labute approximate surface area is 162 Å². The van der Waals surface area contributed by atoms with Gasteiger partial charge in [0, 0.05) is 29.4 Å². The van der Waals surface area contributed by atoms with E-state index < -0.39 is 45.1 Å². The van der Waals surface area contributed by atoms with Crippen LogP contribution in [-0.2, 0) is 0 Å². The minimum absolute atomic E-state index is 0.00146. The van der Waals surface area contributed by atoms with Gasteiger partial charge in [0.2, 0.25) is 0 Å². The van der Waals surface area contributed by atoms with Crippen LogP contribution in [0.2, 0.25) is 0 Å². The number of rotatable bonds is 5. The molecule has 0 saturated carbocycles. The third-order valence-corrected chi connectivity index (χ3v) is 4.26. The number of benzene rings is 3. The Balaban J connectivity index is 2.22. The summed E-state index contributed by atoms with van der Waals surface area (Å²) in [6, 6.07) is 7.45. The van der Waals surface area contributed by atoms with E-state index in [1.54, 1.807) is 13.0 Å². The van der Waals surface area contributed by atoms with Crippen molar-refractivity contribution in [1.29, 1.82) is 0 Å². The van der Waals surface area contributed by atoms with Gasteiger partial charge in [-0.2, -0.15) is 0 Å². The fourth-order valence-electron chi connectivity index (χ4n) is 2.97. The highest BCUT2D eigenvalue weighted by molar-refractivity contribution is 5.86. The summed E-state index contributed by atoms with van der Waals surface area (Å²) in [6.45, 7) is 1.57. The molecule has 0 aliphatic carbocycles. The first-order valence-electron chi connectivity index (χ1n) is 8.26. The van der Waals surface area contributed by atoms with Gasteiger partial charge in [-0.15, -0.1) is 0 Å². The standard InChI is InChI=1S/C20H14F4N2O3/c1-10-4-3-5-16(18(10)19-13(22)8-12(29-2)9-14(19)23)25-20-15(24)6-11(21)7-17(20)26(27)28/h3-9,25H,1-2H3. The van der Waals surface area contributed by atoms with Crippen molar-refractivity contribution in [2.45, 2.75) is 6.92 Å². The van der Waals surface area contributed by atoms with Crippen LogP contribution in [0.3, 0.4) is 0 Å². The minimum Gasteiger partial charge on any atom is -0.497 e. The van der Waals surface area contributed by atoms with E-state index in [-0.39, 0.29) is 17.0 Å². The van der Waals surface area contributed by atoms with Crippen LogP contribution in [0.5, 0.6) is 5.75 Å². The summed E-state index contributed by atoms with van der Waals surface area (Å²) in [5.74, 6) is -4.26. The second-order valence-electron chi connectivity index (χ2n) is 6.13. The smallest absolute Gasteiger partial charge is 0.298 e. The first-order valence-corrected chi connectivity index (χ1v) is 8.26. The number of ether oxygens (including phenoxy) is 1. The highest BCUT2D eigenvalue weighted by Gasteiger charge is 2.24. The van der Waals surface area contributed by atoms with Gasteiger partial charge >= 0.3 is 0 Å². The maximum Gasteiger partial charge on any atom is 0.298 e. The lowest BCUT2D eigenvalue weighted by molar-refractivity contribution is -0.384. The number of hydrogen-bond acceptors (Lipinski definition) is 4. The third kappa shape index (κ3) is 3.84. The largest absolute Gasteiger partial charge is 0.497 e. The van der Waals surface area contributed by atoms with Crippen LogP contribution in [0.1, 0.15) is 5.56 Å². The number of methoxy groups -OCH3 is 1. The SMILES string of the molecule is COc1cc(F)c(-c2c(C)cccc2Nc2c(F)cc(F)cc2[N+](=O)[O-])c(F)c1. The van der Waals surface area contributed by atoms with Crippen LogP contribution in [0.25, 0.3) is 11.1 Å². The molecule has 0 bridgehead atoms. The molecular formula is C20H14F4N2O3. The molecule has 0 saturated heterocycles. The van der Waals surface area contributed by atoms with Crippen LogP contribution in [0, 0.1) is 40.3 Å². The second-order valence-corrected chi connectivity index (χ2v) is 6.13. The molecule has 3 aromatic rings. The van der Waals surface area contributed by atoms with E-state index >= 15 is 0 Å². The Morgan fingerprint density at radius 1 is 0.966 bits per heavy atom. The number of nitro groups is 1. The summed E-state index contributed by atoms with van der Waals surface area (Å²) in [4.78, 5) is 10.3. The number of hydrogen-bond donors (Lipinski definition) is 1. The monoisotopic (exact) mass is 406 g/mol. The van der Waals surface area contributed by atoms with Gasteiger partial charge in [-0.05, 0) is 18.6 Å². The van der Waals surface area contributed by atoms with Gasteiger partial charge in [0.05, 0.1) is 23.7 Å². The zero-order valence-corrected chi connectivity index (χ0v) is 15.2. The normalized spacial score (nSPS) is 10.7. The Bertz CT molecular complexity index is 1100. The molecule has 3 aromatic carbocycles. The molecule has 5 nitrogen and oxygen atoms in total. The molecule has 0 unspecified atom stereocenters. The summed E-state index contributed by atoms with van der Waals surface area (Å²) >= 11 is 0. The quantitative estimate of drug-likeness (QED) is 0.327. The maximum absolute atomic E-state index is 14.6. The lowest BCUT2D eigenvalue weighted by Gasteiger charge is -2.17. The summed E-state index contributed by atoms with van der Waals surface area (Å²) in [5, 5.41) is 13.7. The Kier molecular flexibility index (Phi) is 5.40. The first-order chi connectivity index (χ1) is 13.7. The van der Waals surface area contributed by atoms with Crippen molar-refractivity contribution in [2.75, 3.05) is 12.4 Å². The average molecular weight is 406 g/mol. The molecule has 1 N–H and O–H groups in total. The van der Waals surface area contributed by atoms with Gasteiger partial charge in [-0.3, -0.25) is 10.1 Å². The van der Waals surface area contributed by atoms with Gasteiger partial charge < -0.3 is 10.1 Å². The lowest BCUT2D eigenvalue weighted by Crippen LogP contribution is -2.04. The Morgan fingerprint density at radius 2 is 1.62 bits per heavy atom. The van der Waals surface area contributed by atoms with E-state index in [1.807, 2.05) is 0 Å². The van der Waals surface area contributed by atoms with Gasteiger partial charge in [-0.1, -0.05) is 12.1 Å². The van der Waals surface area contributed by atoms with E-state index in [2.05, 4.69) is 5.32 Å². The molecule has 0 fully saturated rings. The number of nitrogens with zero attached hydrogens (tertiary/aromatic N) is 1. The van der Waals surface area contributed by atoms with Crippen molar-refractivity contribution in [2.24, 2.45) is 0 Å². The average Bonchev–Trinajstić information content (AvgIpc) is 2.64. The molecule has 29 heavy (non-hydrogen) atoms. The molecular weight excluding hydrogens is 392 g/mol. The predicted molar refractivity (Wildman–Crippen MR) is 99.4 cm³/mol. The van der Waals surface area contributed by atoms with Gasteiger partial charge in [-0.25, -0.2) is 17.6 Å².